The van der Waals surface area contributed by atoms with E-state index in [1.54, 1.807) is 29.4 Å². The number of nitrogens with one attached hydrogen (secondary N) is 1. The maximum atomic E-state index is 11.9. The second kappa shape index (κ2) is 5.79. The number of aromatic nitrogens is 3. The molecule has 0 bridgehead atoms. The number of carbonyl (C=O) groups excluding carboxylic acids is 1. The average Bonchev–Trinajstić information content (AvgIpc) is 2.95. The average molecular weight is 276 g/mol. The summed E-state index contributed by atoms with van der Waals surface area (Å²) in [7, 11) is 1.74. The topological polar surface area (TPSA) is 61.9 Å². The molecule has 0 saturated heterocycles. The number of aryl methyl sites for hydroxylation is 2. The minimum atomic E-state index is -0.0600. The van der Waals surface area contributed by atoms with E-state index in [-0.39, 0.29) is 5.91 Å². The molecule has 100 valence electrons. The normalized spacial score (nSPS) is 11.1. The summed E-state index contributed by atoms with van der Waals surface area (Å²) >= 11 is 1.62. The molecule has 0 radical (unpaired) electrons. The van der Waals surface area contributed by atoms with Crippen LogP contribution in [-0.2, 0) is 11.3 Å². The number of carbonyl (C=O) groups is 1. The van der Waals surface area contributed by atoms with Crippen LogP contribution in [0.1, 0.15) is 22.1 Å². The van der Waals surface area contributed by atoms with E-state index in [1.807, 2.05) is 31.4 Å². The van der Waals surface area contributed by atoms with E-state index >= 15 is 0 Å². The number of H-pyrrole nitrogens is 1. The van der Waals surface area contributed by atoms with Gasteiger partial charge in [-0.25, -0.2) is 4.98 Å². The Morgan fingerprint density at radius 3 is 2.89 bits per heavy atom. The Morgan fingerprint density at radius 1 is 1.53 bits per heavy atom. The number of rotatable bonds is 4. The lowest BCUT2D eigenvalue weighted by molar-refractivity contribution is -0.125. The molecule has 2 aromatic rings. The van der Waals surface area contributed by atoms with E-state index in [1.165, 1.54) is 5.56 Å². The highest BCUT2D eigenvalue weighted by molar-refractivity contribution is 7.11. The Kier molecular flexibility index (Phi) is 4.11. The zero-order valence-electron chi connectivity index (χ0n) is 11.2. The number of amides is 1. The summed E-state index contributed by atoms with van der Waals surface area (Å²) in [5.74, 6) is 1.31. The van der Waals surface area contributed by atoms with Gasteiger partial charge in [-0.3, -0.25) is 9.89 Å². The van der Waals surface area contributed by atoms with Crippen LogP contribution >= 0.6 is 11.3 Å². The summed E-state index contributed by atoms with van der Waals surface area (Å²) in [6.07, 6.45) is 3.43. The summed E-state index contributed by atoms with van der Waals surface area (Å²) in [5.41, 5.74) is 1.18. The van der Waals surface area contributed by atoms with Gasteiger partial charge in [0.05, 0.1) is 6.54 Å². The van der Waals surface area contributed by atoms with Crippen molar-refractivity contribution in [3.8, 4) is 0 Å². The van der Waals surface area contributed by atoms with Crippen LogP contribution in [0.25, 0.3) is 6.08 Å². The van der Waals surface area contributed by atoms with Crippen LogP contribution in [0, 0.1) is 13.8 Å². The van der Waals surface area contributed by atoms with Crippen molar-refractivity contribution in [1.29, 1.82) is 0 Å². The summed E-state index contributed by atoms with van der Waals surface area (Å²) in [6, 6.07) is 2.04. The van der Waals surface area contributed by atoms with E-state index < -0.39 is 0 Å². The molecule has 6 heteroatoms. The zero-order chi connectivity index (χ0) is 13.8. The molecule has 19 heavy (non-hydrogen) atoms. The third-order valence-electron chi connectivity index (χ3n) is 2.68. The first-order chi connectivity index (χ1) is 9.06. The van der Waals surface area contributed by atoms with Crippen molar-refractivity contribution in [3.05, 3.63) is 39.6 Å². The Bertz CT molecular complexity index is 599. The molecule has 0 unspecified atom stereocenters. The molecule has 2 aromatic heterocycles. The smallest absolute Gasteiger partial charge is 0.246 e. The predicted molar refractivity (Wildman–Crippen MR) is 75.7 cm³/mol. The molecular weight excluding hydrogens is 260 g/mol. The van der Waals surface area contributed by atoms with Crippen molar-refractivity contribution in [2.45, 2.75) is 20.4 Å². The predicted octanol–water partition coefficient (Wildman–Crippen LogP) is 2.15. The first-order valence-corrected chi connectivity index (χ1v) is 6.79. The summed E-state index contributed by atoms with van der Waals surface area (Å²) in [4.78, 5) is 18.8. The second-order valence-corrected chi connectivity index (χ2v) is 5.28. The Morgan fingerprint density at radius 2 is 2.32 bits per heavy atom. The molecule has 0 aliphatic rings. The Hall–Kier alpha value is -1.95. The van der Waals surface area contributed by atoms with Gasteiger partial charge in [-0.15, -0.1) is 11.3 Å². The van der Waals surface area contributed by atoms with Crippen molar-refractivity contribution in [2.24, 2.45) is 0 Å². The van der Waals surface area contributed by atoms with Crippen molar-refractivity contribution in [1.82, 2.24) is 20.1 Å². The standard InChI is InChI=1S/C13H16N4OS/c1-9-6-7-19-11(9)4-5-13(18)17(3)8-12-14-10(2)15-16-12/h4-7H,8H2,1-3H3,(H,14,15,16). The molecule has 2 heterocycles. The van der Waals surface area contributed by atoms with Crippen molar-refractivity contribution < 1.29 is 4.79 Å². The lowest BCUT2D eigenvalue weighted by Crippen LogP contribution is -2.24. The van der Waals surface area contributed by atoms with Crippen LogP contribution in [0.3, 0.4) is 0 Å². The Labute approximate surface area is 116 Å². The molecule has 0 saturated carbocycles. The van der Waals surface area contributed by atoms with Crippen molar-refractivity contribution in [3.63, 3.8) is 0 Å². The monoisotopic (exact) mass is 276 g/mol. The largest absolute Gasteiger partial charge is 0.335 e. The lowest BCUT2D eigenvalue weighted by atomic mass is 10.3. The van der Waals surface area contributed by atoms with Crippen LogP contribution in [0.2, 0.25) is 0 Å². The van der Waals surface area contributed by atoms with Crippen molar-refractivity contribution >= 4 is 23.3 Å². The van der Waals surface area contributed by atoms with Gasteiger partial charge in [-0.05, 0) is 36.9 Å². The van der Waals surface area contributed by atoms with E-state index in [0.717, 1.165) is 10.7 Å². The fourth-order valence-electron chi connectivity index (χ4n) is 1.58. The number of nitrogens with zero attached hydrogens (tertiary/aromatic N) is 3. The number of thiophene rings is 1. The quantitative estimate of drug-likeness (QED) is 0.870. The highest BCUT2D eigenvalue weighted by atomic mass is 32.1. The fraction of sp³-hybridized carbons (Fsp3) is 0.308. The third-order valence-corrected chi connectivity index (χ3v) is 3.66. The number of likely N-dealkylation sites (N-methyl/N-ethyl adjacent to an activating group) is 1. The van der Waals surface area contributed by atoms with E-state index in [4.69, 9.17) is 0 Å². The molecule has 5 nitrogen and oxygen atoms in total. The van der Waals surface area contributed by atoms with Crippen LogP contribution < -0.4 is 0 Å². The molecule has 0 spiro atoms. The van der Waals surface area contributed by atoms with Gasteiger partial charge < -0.3 is 4.90 Å². The van der Waals surface area contributed by atoms with Gasteiger partial charge >= 0.3 is 0 Å². The van der Waals surface area contributed by atoms with Gasteiger partial charge in [0.1, 0.15) is 5.82 Å². The first kappa shape index (κ1) is 13.5. The van der Waals surface area contributed by atoms with Crippen LogP contribution in [0.5, 0.6) is 0 Å². The van der Waals surface area contributed by atoms with Gasteiger partial charge in [0.25, 0.3) is 0 Å². The molecule has 0 aromatic carbocycles. The highest BCUT2D eigenvalue weighted by Crippen LogP contribution is 2.17. The molecule has 2 rings (SSSR count). The third kappa shape index (κ3) is 3.51. The van der Waals surface area contributed by atoms with E-state index in [2.05, 4.69) is 15.2 Å². The van der Waals surface area contributed by atoms with E-state index in [9.17, 15) is 4.79 Å². The molecule has 1 N–H and O–H groups in total. The van der Waals surface area contributed by atoms with Crippen LogP contribution in [0.15, 0.2) is 17.5 Å². The minimum Gasteiger partial charge on any atom is -0.335 e. The second-order valence-electron chi connectivity index (χ2n) is 4.33. The maximum Gasteiger partial charge on any atom is 0.246 e. The molecule has 0 fully saturated rings. The zero-order valence-corrected chi connectivity index (χ0v) is 12.0. The first-order valence-electron chi connectivity index (χ1n) is 5.91. The van der Waals surface area contributed by atoms with E-state index in [0.29, 0.717) is 12.4 Å². The van der Waals surface area contributed by atoms with Gasteiger partial charge in [0.15, 0.2) is 5.82 Å². The fourth-order valence-corrected chi connectivity index (χ4v) is 2.40. The maximum absolute atomic E-state index is 11.9. The Balaban J connectivity index is 1.96. The lowest BCUT2D eigenvalue weighted by Gasteiger charge is -2.12. The molecule has 0 aliphatic heterocycles. The number of aromatic amines is 1. The summed E-state index contributed by atoms with van der Waals surface area (Å²) < 4.78 is 0. The van der Waals surface area contributed by atoms with Gasteiger partial charge in [-0.2, -0.15) is 5.10 Å². The molecule has 0 aliphatic carbocycles. The SMILES string of the molecule is Cc1nc(CN(C)C(=O)C=Cc2sccc2C)n[nH]1. The van der Waals surface area contributed by atoms with Crippen LogP contribution in [-0.4, -0.2) is 33.0 Å². The van der Waals surface area contributed by atoms with Crippen molar-refractivity contribution in [2.75, 3.05) is 7.05 Å². The van der Waals surface area contributed by atoms with Gasteiger partial charge in [-0.1, -0.05) is 0 Å². The molecule has 1 amide bonds. The molecule has 0 atom stereocenters. The molecular formula is C13H16N4OS. The number of hydrogen-bond acceptors (Lipinski definition) is 4. The van der Waals surface area contributed by atoms with Gasteiger partial charge in [0, 0.05) is 18.0 Å². The number of hydrogen-bond donors (Lipinski definition) is 1. The highest BCUT2D eigenvalue weighted by Gasteiger charge is 2.09. The minimum absolute atomic E-state index is 0.0600. The summed E-state index contributed by atoms with van der Waals surface area (Å²) in [6.45, 7) is 4.26. The summed E-state index contributed by atoms with van der Waals surface area (Å²) in [5, 5.41) is 8.78. The van der Waals surface area contributed by atoms with Crippen LogP contribution in [0.4, 0.5) is 0 Å². The van der Waals surface area contributed by atoms with Gasteiger partial charge in [0.2, 0.25) is 5.91 Å².